The summed E-state index contributed by atoms with van der Waals surface area (Å²) in [5.74, 6) is -0.220. The maximum atomic E-state index is 12.3. The predicted molar refractivity (Wildman–Crippen MR) is 104 cm³/mol. The Morgan fingerprint density at radius 2 is 2.17 bits per heavy atom. The van der Waals surface area contributed by atoms with Gasteiger partial charge in [0, 0.05) is 10.2 Å². The van der Waals surface area contributed by atoms with E-state index in [2.05, 4.69) is 21.2 Å². The second kappa shape index (κ2) is 8.17. The number of rotatable bonds is 4. The number of phenolic OH excluding ortho intramolecular Hbond substituents is 1. The molecule has 1 amide bonds. The van der Waals surface area contributed by atoms with Crippen molar-refractivity contribution in [2.45, 2.75) is 0 Å². The lowest BCUT2D eigenvalue weighted by Gasteiger charge is -2.08. The summed E-state index contributed by atoms with van der Waals surface area (Å²) in [6.45, 7) is 0. The van der Waals surface area contributed by atoms with Crippen molar-refractivity contribution in [1.29, 1.82) is 5.26 Å². The Hall–Kier alpha value is -2.05. The van der Waals surface area contributed by atoms with Crippen LogP contribution >= 0.6 is 38.5 Å². The summed E-state index contributed by atoms with van der Waals surface area (Å²) >= 11 is 5.27. The van der Waals surface area contributed by atoms with E-state index in [1.807, 2.05) is 34.7 Å². The average molecular weight is 499 g/mol. The van der Waals surface area contributed by atoms with Gasteiger partial charge in [0.15, 0.2) is 11.5 Å². The van der Waals surface area contributed by atoms with Crippen LogP contribution in [0.5, 0.6) is 11.5 Å². The van der Waals surface area contributed by atoms with E-state index < -0.39 is 5.91 Å². The monoisotopic (exact) mass is 498 g/mol. The quantitative estimate of drug-likeness (QED) is 0.374. The van der Waals surface area contributed by atoms with E-state index in [1.54, 1.807) is 30.3 Å². The van der Waals surface area contributed by atoms with Gasteiger partial charge in [-0.2, -0.15) is 5.26 Å². The third-order valence-corrected chi connectivity index (χ3v) is 4.34. The largest absolute Gasteiger partial charge is 0.504 e. The zero-order valence-corrected chi connectivity index (χ0v) is 16.3. The van der Waals surface area contributed by atoms with Crippen LogP contribution in [-0.2, 0) is 4.79 Å². The molecule has 2 aromatic rings. The fraction of sp³-hybridized carbons (Fsp3) is 0.0588. The molecule has 0 unspecified atom stereocenters. The molecular formula is C17H12BrIN2O3. The molecule has 2 rings (SSSR count). The zero-order chi connectivity index (χ0) is 17.7. The van der Waals surface area contributed by atoms with Crippen LogP contribution < -0.4 is 10.1 Å². The highest BCUT2D eigenvalue weighted by molar-refractivity contribution is 14.1. The molecule has 0 aliphatic carbocycles. The topological polar surface area (TPSA) is 82.3 Å². The minimum Gasteiger partial charge on any atom is -0.504 e. The maximum Gasteiger partial charge on any atom is 0.266 e. The fourth-order valence-corrected chi connectivity index (χ4v) is 2.94. The lowest BCUT2D eigenvalue weighted by molar-refractivity contribution is -0.112. The van der Waals surface area contributed by atoms with Crippen molar-refractivity contribution in [2.24, 2.45) is 0 Å². The van der Waals surface area contributed by atoms with Crippen LogP contribution in [0.25, 0.3) is 6.08 Å². The van der Waals surface area contributed by atoms with Gasteiger partial charge in [0.05, 0.1) is 10.7 Å². The molecule has 0 aliphatic heterocycles. The lowest BCUT2D eigenvalue weighted by atomic mass is 10.1. The summed E-state index contributed by atoms with van der Waals surface area (Å²) in [4.78, 5) is 12.3. The molecule has 0 aromatic heterocycles. The number of methoxy groups -OCH3 is 1. The molecule has 0 bridgehead atoms. The Morgan fingerprint density at radius 3 is 2.79 bits per heavy atom. The molecule has 122 valence electrons. The number of phenols is 1. The molecule has 0 atom stereocenters. The molecule has 0 saturated heterocycles. The highest BCUT2D eigenvalue weighted by Gasteiger charge is 2.12. The number of nitrogens with zero attached hydrogens (tertiary/aromatic N) is 1. The molecule has 0 spiro atoms. The molecule has 0 aliphatic rings. The number of nitrogens with one attached hydrogen (secondary N) is 1. The number of halogens is 2. The first-order valence-electron chi connectivity index (χ1n) is 6.70. The first kappa shape index (κ1) is 18.3. The van der Waals surface area contributed by atoms with Gasteiger partial charge in [-0.25, -0.2) is 0 Å². The van der Waals surface area contributed by atoms with Crippen molar-refractivity contribution < 1.29 is 14.6 Å². The standard InChI is InChI=1S/C17H12BrIN2O3/c1-24-15-7-10(6-14(19)16(15)22)5-11(9-20)17(23)21-13-4-2-3-12(18)8-13/h2-8,22H,1H3,(H,21,23)/b11-5-. The highest BCUT2D eigenvalue weighted by Crippen LogP contribution is 2.33. The van der Waals surface area contributed by atoms with Crippen LogP contribution in [-0.4, -0.2) is 18.1 Å². The molecule has 0 fully saturated rings. The van der Waals surface area contributed by atoms with Crippen LogP contribution in [0, 0.1) is 14.9 Å². The number of benzene rings is 2. The van der Waals surface area contributed by atoms with Gasteiger partial charge >= 0.3 is 0 Å². The van der Waals surface area contributed by atoms with Gasteiger partial charge in [-0.05, 0) is 64.6 Å². The number of carbonyl (C=O) groups is 1. The van der Waals surface area contributed by atoms with E-state index in [-0.39, 0.29) is 17.1 Å². The number of anilines is 1. The van der Waals surface area contributed by atoms with E-state index in [1.165, 1.54) is 13.2 Å². The molecule has 7 heteroatoms. The summed E-state index contributed by atoms with van der Waals surface area (Å²) in [5, 5.41) is 21.8. The number of hydrogen-bond acceptors (Lipinski definition) is 4. The van der Waals surface area contributed by atoms with Crippen molar-refractivity contribution in [1.82, 2.24) is 0 Å². The number of nitriles is 1. The summed E-state index contributed by atoms with van der Waals surface area (Å²) in [7, 11) is 1.43. The van der Waals surface area contributed by atoms with Crippen LogP contribution in [0.4, 0.5) is 5.69 Å². The predicted octanol–water partition coefficient (Wildman–Crippen LogP) is 4.31. The minimum absolute atomic E-state index is 0.0207. The Bertz CT molecular complexity index is 859. The molecule has 0 radical (unpaired) electrons. The van der Waals surface area contributed by atoms with Gasteiger partial charge in [0.25, 0.3) is 5.91 Å². The maximum absolute atomic E-state index is 12.3. The zero-order valence-electron chi connectivity index (χ0n) is 12.5. The normalized spacial score (nSPS) is 10.8. The van der Waals surface area contributed by atoms with E-state index >= 15 is 0 Å². The van der Waals surface area contributed by atoms with E-state index in [9.17, 15) is 15.2 Å². The molecule has 5 nitrogen and oxygen atoms in total. The van der Waals surface area contributed by atoms with E-state index in [0.717, 1.165) is 4.47 Å². The highest BCUT2D eigenvalue weighted by atomic mass is 127. The smallest absolute Gasteiger partial charge is 0.266 e. The first-order chi connectivity index (χ1) is 11.4. The SMILES string of the molecule is COc1cc(/C=C(/C#N)C(=O)Nc2cccc(Br)c2)cc(I)c1O. The van der Waals surface area contributed by atoms with Gasteiger partial charge in [-0.15, -0.1) is 0 Å². The summed E-state index contributed by atoms with van der Waals surface area (Å²) in [6.07, 6.45) is 1.44. The van der Waals surface area contributed by atoms with E-state index in [4.69, 9.17) is 4.74 Å². The van der Waals surface area contributed by atoms with Gasteiger partial charge in [-0.3, -0.25) is 4.79 Å². The van der Waals surface area contributed by atoms with Crippen molar-refractivity contribution >= 4 is 56.2 Å². The number of aromatic hydroxyl groups is 1. The molecule has 0 heterocycles. The first-order valence-corrected chi connectivity index (χ1v) is 8.57. The van der Waals surface area contributed by atoms with Gasteiger partial charge < -0.3 is 15.2 Å². The lowest BCUT2D eigenvalue weighted by Crippen LogP contribution is -2.13. The number of hydrogen-bond donors (Lipinski definition) is 2. The van der Waals surface area contributed by atoms with Gasteiger partial charge in [-0.1, -0.05) is 22.0 Å². The second-order valence-electron chi connectivity index (χ2n) is 4.69. The number of ether oxygens (including phenoxy) is 1. The van der Waals surface area contributed by atoms with Crippen molar-refractivity contribution in [3.63, 3.8) is 0 Å². The third kappa shape index (κ3) is 4.49. The molecular weight excluding hydrogens is 487 g/mol. The molecule has 2 aromatic carbocycles. The third-order valence-electron chi connectivity index (χ3n) is 3.03. The second-order valence-corrected chi connectivity index (χ2v) is 6.77. The Balaban J connectivity index is 2.31. The molecule has 24 heavy (non-hydrogen) atoms. The van der Waals surface area contributed by atoms with Crippen molar-refractivity contribution in [2.75, 3.05) is 12.4 Å². The minimum atomic E-state index is -0.516. The number of carbonyl (C=O) groups excluding carboxylic acids is 1. The Kier molecular flexibility index (Phi) is 6.23. The van der Waals surface area contributed by atoms with Crippen LogP contribution in [0.2, 0.25) is 0 Å². The van der Waals surface area contributed by atoms with Crippen LogP contribution in [0.15, 0.2) is 46.4 Å². The van der Waals surface area contributed by atoms with E-state index in [0.29, 0.717) is 14.8 Å². The summed E-state index contributed by atoms with van der Waals surface area (Å²) < 4.78 is 6.46. The summed E-state index contributed by atoms with van der Waals surface area (Å²) in [5.41, 5.74) is 1.10. The van der Waals surface area contributed by atoms with Crippen LogP contribution in [0.3, 0.4) is 0 Å². The average Bonchev–Trinajstić information content (AvgIpc) is 2.55. The Morgan fingerprint density at radius 1 is 1.42 bits per heavy atom. The van der Waals surface area contributed by atoms with Gasteiger partial charge in [0.2, 0.25) is 0 Å². The summed E-state index contributed by atoms with van der Waals surface area (Å²) in [6, 6.07) is 12.2. The van der Waals surface area contributed by atoms with Crippen molar-refractivity contribution in [3.8, 4) is 17.6 Å². The van der Waals surface area contributed by atoms with Crippen molar-refractivity contribution in [3.05, 3.63) is 55.6 Å². The Labute approximate surface area is 161 Å². The fourth-order valence-electron chi connectivity index (χ4n) is 1.91. The number of amides is 1. The van der Waals surface area contributed by atoms with Crippen LogP contribution in [0.1, 0.15) is 5.56 Å². The van der Waals surface area contributed by atoms with Gasteiger partial charge in [0.1, 0.15) is 11.6 Å². The molecule has 0 saturated carbocycles. The molecule has 2 N–H and O–H groups in total.